The van der Waals surface area contributed by atoms with Crippen molar-refractivity contribution in [3.8, 4) is 5.69 Å². The van der Waals surface area contributed by atoms with Crippen LogP contribution >= 0.6 is 11.8 Å². The number of aromatic nitrogens is 2. The van der Waals surface area contributed by atoms with Crippen molar-refractivity contribution in [1.29, 1.82) is 0 Å². The summed E-state index contributed by atoms with van der Waals surface area (Å²) in [5, 5.41) is 0.556. The van der Waals surface area contributed by atoms with Crippen molar-refractivity contribution in [2.75, 3.05) is 22.2 Å². The molecular formula is C21H20FN3O3S2. The van der Waals surface area contributed by atoms with Crippen molar-refractivity contribution in [3.05, 3.63) is 72.8 Å². The van der Waals surface area contributed by atoms with Gasteiger partial charge in [0.2, 0.25) is 5.91 Å². The molecule has 1 aliphatic heterocycles. The van der Waals surface area contributed by atoms with Crippen molar-refractivity contribution >= 4 is 33.2 Å². The van der Waals surface area contributed by atoms with Gasteiger partial charge in [-0.25, -0.2) is 17.8 Å². The highest BCUT2D eigenvalue weighted by molar-refractivity contribution is 7.99. The number of hydrogen-bond donors (Lipinski definition) is 0. The third-order valence-corrected chi connectivity index (χ3v) is 7.60. The molecule has 1 atom stereocenters. The van der Waals surface area contributed by atoms with E-state index < -0.39 is 9.84 Å². The second-order valence-electron chi connectivity index (χ2n) is 7.00. The number of carbonyl (C=O) groups excluding carboxylic acids is 1. The number of benzene rings is 2. The number of nitrogens with zero attached hydrogens (tertiary/aromatic N) is 3. The van der Waals surface area contributed by atoms with Gasteiger partial charge in [0.25, 0.3) is 0 Å². The zero-order valence-corrected chi connectivity index (χ0v) is 17.7. The summed E-state index contributed by atoms with van der Waals surface area (Å²) in [7, 11) is -3.14. The van der Waals surface area contributed by atoms with E-state index in [1.165, 1.54) is 23.9 Å². The van der Waals surface area contributed by atoms with Crippen LogP contribution in [-0.2, 0) is 14.6 Å². The quantitative estimate of drug-likeness (QED) is 0.545. The smallest absolute Gasteiger partial charge is 0.237 e. The Morgan fingerprint density at radius 2 is 2.00 bits per heavy atom. The molecule has 1 aromatic heterocycles. The number of thioether (sulfide) groups is 1. The van der Waals surface area contributed by atoms with Crippen molar-refractivity contribution in [2.24, 2.45) is 0 Å². The predicted molar refractivity (Wildman–Crippen MR) is 115 cm³/mol. The summed E-state index contributed by atoms with van der Waals surface area (Å²) in [6.07, 6.45) is 3.72. The highest BCUT2D eigenvalue weighted by Gasteiger charge is 2.35. The third kappa shape index (κ3) is 4.57. The summed E-state index contributed by atoms with van der Waals surface area (Å²) < 4.78 is 39.3. The van der Waals surface area contributed by atoms with Gasteiger partial charge in [0, 0.05) is 18.1 Å². The van der Waals surface area contributed by atoms with Crippen molar-refractivity contribution in [1.82, 2.24) is 9.55 Å². The van der Waals surface area contributed by atoms with Gasteiger partial charge in [-0.05, 0) is 36.8 Å². The Morgan fingerprint density at radius 1 is 1.20 bits per heavy atom. The Kier molecular flexibility index (Phi) is 5.92. The highest BCUT2D eigenvalue weighted by atomic mass is 32.2. The summed E-state index contributed by atoms with van der Waals surface area (Å²) in [4.78, 5) is 19.0. The maximum atomic E-state index is 13.6. The summed E-state index contributed by atoms with van der Waals surface area (Å²) in [6.45, 7) is 0. The second-order valence-corrected chi connectivity index (χ2v) is 10.2. The molecule has 4 rings (SSSR count). The molecule has 2 aromatic carbocycles. The zero-order valence-electron chi connectivity index (χ0n) is 16.0. The minimum absolute atomic E-state index is 0.0315. The maximum Gasteiger partial charge on any atom is 0.237 e. The van der Waals surface area contributed by atoms with Crippen LogP contribution in [0.25, 0.3) is 5.69 Å². The van der Waals surface area contributed by atoms with Crippen LogP contribution in [0.5, 0.6) is 0 Å². The third-order valence-electron chi connectivity index (χ3n) is 4.89. The molecule has 1 unspecified atom stereocenters. The SMILES string of the molecule is O=C(CSc1nccn1-c1cccc(F)c1)N(c1ccccc1)C1CCS(=O)(=O)C1. The Hall–Kier alpha value is -2.65. The topological polar surface area (TPSA) is 72.3 Å². The number of carbonyl (C=O) groups is 1. The molecule has 1 aliphatic rings. The van der Waals surface area contributed by atoms with Gasteiger partial charge in [-0.1, -0.05) is 36.0 Å². The summed E-state index contributed by atoms with van der Waals surface area (Å²) in [5.41, 5.74) is 1.29. The first-order valence-corrected chi connectivity index (χ1v) is 12.2. The van der Waals surface area contributed by atoms with Crippen LogP contribution in [0.2, 0.25) is 0 Å². The largest absolute Gasteiger partial charge is 0.308 e. The van der Waals surface area contributed by atoms with Crippen LogP contribution in [0.1, 0.15) is 6.42 Å². The van der Waals surface area contributed by atoms with E-state index in [0.29, 0.717) is 23.0 Å². The Balaban J connectivity index is 1.54. The number of amides is 1. The van der Waals surface area contributed by atoms with Gasteiger partial charge in [0.15, 0.2) is 15.0 Å². The molecule has 9 heteroatoms. The summed E-state index contributed by atoms with van der Waals surface area (Å²) >= 11 is 1.23. The lowest BCUT2D eigenvalue weighted by atomic mass is 10.2. The molecule has 1 amide bonds. The molecule has 3 aromatic rings. The van der Waals surface area contributed by atoms with E-state index in [2.05, 4.69) is 4.98 Å². The summed E-state index contributed by atoms with van der Waals surface area (Å²) in [6, 6.07) is 14.9. The van der Waals surface area contributed by atoms with Gasteiger partial charge in [0.05, 0.1) is 29.0 Å². The van der Waals surface area contributed by atoms with E-state index in [9.17, 15) is 17.6 Å². The minimum atomic E-state index is -3.14. The lowest BCUT2D eigenvalue weighted by molar-refractivity contribution is -0.116. The van der Waals surface area contributed by atoms with E-state index in [0.717, 1.165) is 0 Å². The van der Waals surface area contributed by atoms with Crippen molar-refractivity contribution < 1.29 is 17.6 Å². The molecule has 156 valence electrons. The fraction of sp³-hybridized carbons (Fsp3) is 0.238. The number of anilines is 1. The summed E-state index contributed by atoms with van der Waals surface area (Å²) in [5.74, 6) is -0.410. The average Bonchev–Trinajstić information content (AvgIpc) is 3.33. The molecule has 1 saturated heterocycles. The Morgan fingerprint density at radius 3 is 2.70 bits per heavy atom. The van der Waals surface area contributed by atoms with Crippen LogP contribution in [0, 0.1) is 5.82 Å². The van der Waals surface area contributed by atoms with Gasteiger partial charge in [0.1, 0.15) is 5.82 Å². The van der Waals surface area contributed by atoms with Crippen molar-refractivity contribution in [2.45, 2.75) is 17.6 Å². The minimum Gasteiger partial charge on any atom is -0.308 e. The van der Waals surface area contributed by atoms with E-state index in [1.54, 1.807) is 46.1 Å². The molecule has 6 nitrogen and oxygen atoms in total. The van der Waals surface area contributed by atoms with Gasteiger partial charge in [-0.2, -0.15) is 0 Å². The fourth-order valence-corrected chi connectivity index (χ4v) is 6.07. The number of halogens is 1. The van der Waals surface area contributed by atoms with E-state index >= 15 is 0 Å². The lowest BCUT2D eigenvalue weighted by Crippen LogP contribution is -2.42. The van der Waals surface area contributed by atoms with Gasteiger partial charge in [-0.15, -0.1) is 0 Å². The van der Waals surface area contributed by atoms with Crippen LogP contribution in [0.4, 0.5) is 10.1 Å². The van der Waals surface area contributed by atoms with E-state index in [4.69, 9.17) is 0 Å². The predicted octanol–water partition coefficient (Wildman–Crippen LogP) is 3.32. The Labute approximate surface area is 178 Å². The molecule has 0 saturated carbocycles. The van der Waals surface area contributed by atoms with E-state index in [1.807, 2.05) is 18.2 Å². The molecule has 0 bridgehead atoms. The highest BCUT2D eigenvalue weighted by Crippen LogP contribution is 2.27. The standard InChI is InChI=1S/C21H20FN3O3S2/c22-16-5-4-8-18(13-16)24-11-10-23-21(24)29-14-20(26)25(17-6-2-1-3-7-17)19-9-12-30(27,28)15-19/h1-8,10-11,13,19H,9,12,14-15H2. The van der Waals surface area contributed by atoms with Gasteiger partial charge in [-0.3, -0.25) is 9.36 Å². The molecule has 0 N–H and O–H groups in total. The molecule has 0 aliphatic carbocycles. The number of rotatable bonds is 6. The molecular weight excluding hydrogens is 425 g/mol. The monoisotopic (exact) mass is 445 g/mol. The zero-order chi connectivity index (χ0) is 21.1. The molecule has 1 fully saturated rings. The van der Waals surface area contributed by atoms with Crippen LogP contribution in [-0.4, -0.2) is 47.2 Å². The first-order valence-electron chi connectivity index (χ1n) is 9.42. The second kappa shape index (κ2) is 8.61. The fourth-order valence-electron chi connectivity index (χ4n) is 3.54. The Bertz CT molecular complexity index is 1150. The van der Waals surface area contributed by atoms with Crippen molar-refractivity contribution in [3.63, 3.8) is 0 Å². The number of para-hydroxylation sites is 1. The normalized spacial score (nSPS) is 17.7. The molecule has 30 heavy (non-hydrogen) atoms. The number of imidazole rings is 1. The van der Waals surface area contributed by atoms with E-state index in [-0.39, 0.29) is 35.0 Å². The first kappa shape index (κ1) is 20.6. The first-order chi connectivity index (χ1) is 14.4. The molecule has 2 heterocycles. The van der Waals surface area contributed by atoms with Gasteiger partial charge >= 0.3 is 0 Å². The molecule has 0 radical (unpaired) electrons. The maximum absolute atomic E-state index is 13.6. The number of hydrogen-bond acceptors (Lipinski definition) is 5. The number of sulfone groups is 1. The van der Waals surface area contributed by atoms with Crippen LogP contribution in [0.15, 0.2) is 72.1 Å². The van der Waals surface area contributed by atoms with Crippen LogP contribution in [0.3, 0.4) is 0 Å². The molecule has 0 spiro atoms. The van der Waals surface area contributed by atoms with Crippen LogP contribution < -0.4 is 4.90 Å². The lowest BCUT2D eigenvalue weighted by Gasteiger charge is -2.28. The average molecular weight is 446 g/mol. The van der Waals surface area contributed by atoms with Gasteiger partial charge < -0.3 is 4.90 Å².